The molecule has 6 heteroatoms. The van der Waals surface area contributed by atoms with Crippen molar-refractivity contribution in [2.75, 3.05) is 40.0 Å². The van der Waals surface area contributed by atoms with Crippen LogP contribution in [0.1, 0.15) is 24.8 Å². The largest absolute Gasteiger partial charge is 0.497 e. The van der Waals surface area contributed by atoms with Gasteiger partial charge in [0.25, 0.3) is 0 Å². The number of ether oxygens (including phenoxy) is 2. The molecule has 0 spiro atoms. The second-order valence-electron chi connectivity index (χ2n) is 6.91. The lowest BCUT2D eigenvalue weighted by molar-refractivity contribution is 0.110. The zero-order valence-corrected chi connectivity index (χ0v) is 15.0. The highest BCUT2D eigenvalue weighted by Gasteiger charge is 2.27. The molecule has 1 aromatic carbocycles. The number of amides is 2. The van der Waals surface area contributed by atoms with Crippen LogP contribution in [0.15, 0.2) is 24.3 Å². The Kier molecular flexibility index (Phi) is 6.53. The molecule has 138 valence electrons. The normalized spacial score (nSPS) is 21.9. The Morgan fingerprint density at radius 3 is 2.60 bits per heavy atom. The average Bonchev–Trinajstić information content (AvgIpc) is 3.20. The van der Waals surface area contributed by atoms with Gasteiger partial charge in [0, 0.05) is 25.7 Å². The number of methoxy groups -OCH3 is 1. The molecule has 1 aromatic rings. The van der Waals surface area contributed by atoms with E-state index in [2.05, 4.69) is 15.5 Å². The number of hydrogen-bond acceptors (Lipinski definition) is 4. The fourth-order valence-corrected chi connectivity index (χ4v) is 3.56. The Labute approximate surface area is 149 Å². The summed E-state index contributed by atoms with van der Waals surface area (Å²) in [5.41, 5.74) is 1.06. The molecule has 1 atom stereocenters. The van der Waals surface area contributed by atoms with Crippen molar-refractivity contribution >= 4 is 6.03 Å². The van der Waals surface area contributed by atoms with Crippen LogP contribution in [-0.4, -0.2) is 56.9 Å². The Balaban J connectivity index is 1.31. The Hall–Kier alpha value is -1.79. The van der Waals surface area contributed by atoms with E-state index >= 15 is 0 Å². The minimum absolute atomic E-state index is 0.0950. The van der Waals surface area contributed by atoms with Crippen molar-refractivity contribution in [1.82, 2.24) is 15.5 Å². The average molecular weight is 347 g/mol. The standard InChI is InChI=1S/C19H29N3O3/c1-24-18-4-2-15(3-5-18)12-20-19(23)21-13-16-6-9-22(10-7-16)17-8-11-25-14-17/h2-5,16-17H,6-14H2,1H3,(H2,20,21,23). The first-order chi connectivity index (χ1) is 12.2. The quantitative estimate of drug-likeness (QED) is 0.826. The van der Waals surface area contributed by atoms with E-state index in [0.29, 0.717) is 18.5 Å². The van der Waals surface area contributed by atoms with Crippen molar-refractivity contribution in [3.63, 3.8) is 0 Å². The van der Waals surface area contributed by atoms with Gasteiger partial charge in [-0.05, 0) is 56.0 Å². The molecule has 3 rings (SSSR count). The van der Waals surface area contributed by atoms with E-state index < -0.39 is 0 Å². The van der Waals surface area contributed by atoms with Crippen LogP contribution in [0.3, 0.4) is 0 Å². The van der Waals surface area contributed by atoms with Gasteiger partial charge in [-0.15, -0.1) is 0 Å². The molecule has 2 fully saturated rings. The predicted octanol–water partition coefficient (Wildman–Crippen LogP) is 2.00. The minimum Gasteiger partial charge on any atom is -0.497 e. The van der Waals surface area contributed by atoms with Gasteiger partial charge in [0.05, 0.1) is 13.7 Å². The molecule has 0 radical (unpaired) electrons. The summed E-state index contributed by atoms with van der Waals surface area (Å²) in [7, 11) is 1.65. The third-order valence-corrected chi connectivity index (χ3v) is 5.23. The van der Waals surface area contributed by atoms with Crippen molar-refractivity contribution in [2.24, 2.45) is 5.92 Å². The van der Waals surface area contributed by atoms with E-state index in [-0.39, 0.29) is 6.03 Å². The van der Waals surface area contributed by atoms with Crippen LogP contribution in [0.25, 0.3) is 0 Å². The zero-order chi connectivity index (χ0) is 17.5. The SMILES string of the molecule is COc1ccc(CNC(=O)NCC2CCN(C3CCOC3)CC2)cc1. The monoisotopic (exact) mass is 347 g/mol. The zero-order valence-electron chi connectivity index (χ0n) is 15.0. The van der Waals surface area contributed by atoms with Crippen molar-refractivity contribution < 1.29 is 14.3 Å². The van der Waals surface area contributed by atoms with Gasteiger partial charge in [0.1, 0.15) is 5.75 Å². The number of likely N-dealkylation sites (tertiary alicyclic amines) is 1. The topological polar surface area (TPSA) is 62.8 Å². The van der Waals surface area contributed by atoms with Crippen LogP contribution >= 0.6 is 0 Å². The van der Waals surface area contributed by atoms with Crippen LogP contribution in [0.4, 0.5) is 4.79 Å². The van der Waals surface area contributed by atoms with Crippen molar-refractivity contribution in [3.05, 3.63) is 29.8 Å². The van der Waals surface area contributed by atoms with E-state index in [4.69, 9.17) is 9.47 Å². The summed E-state index contributed by atoms with van der Waals surface area (Å²) >= 11 is 0. The van der Waals surface area contributed by atoms with E-state index in [0.717, 1.165) is 63.4 Å². The number of nitrogens with one attached hydrogen (secondary N) is 2. The first kappa shape index (κ1) is 18.0. The summed E-state index contributed by atoms with van der Waals surface area (Å²) in [6, 6.07) is 8.24. The number of nitrogens with zero attached hydrogens (tertiary/aromatic N) is 1. The predicted molar refractivity (Wildman–Crippen MR) is 96.8 cm³/mol. The summed E-state index contributed by atoms with van der Waals surface area (Å²) in [6.07, 6.45) is 3.46. The number of urea groups is 1. The molecule has 2 aliphatic heterocycles. The lowest BCUT2D eigenvalue weighted by Gasteiger charge is -2.35. The third kappa shape index (κ3) is 5.34. The molecule has 0 aliphatic carbocycles. The van der Waals surface area contributed by atoms with Gasteiger partial charge in [-0.1, -0.05) is 12.1 Å². The fraction of sp³-hybridized carbons (Fsp3) is 0.632. The van der Waals surface area contributed by atoms with Gasteiger partial charge in [-0.25, -0.2) is 4.79 Å². The molecule has 1 unspecified atom stereocenters. The van der Waals surface area contributed by atoms with Gasteiger partial charge >= 0.3 is 6.03 Å². The summed E-state index contributed by atoms with van der Waals surface area (Å²) in [5.74, 6) is 1.40. The summed E-state index contributed by atoms with van der Waals surface area (Å²) in [4.78, 5) is 14.5. The lowest BCUT2D eigenvalue weighted by atomic mass is 9.95. The molecular formula is C19H29N3O3. The molecule has 2 N–H and O–H groups in total. The second kappa shape index (κ2) is 9.06. The maximum atomic E-state index is 12.0. The Morgan fingerprint density at radius 1 is 1.20 bits per heavy atom. The van der Waals surface area contributed by atoms with E-state index in [9.17, 15) is 4.79 Å². The van der Waals surface area contributed by atoms with Crippen molar-refractivity contribution in [2.45, 2.75) is 31.8 Å². The van der Waals surface area contributed by atoms with Gasteiger partial charge in [0.2, 0.25) is 0 Å². The first-order valence-electron chi connectivity index (χ1n) is 9.21. The lowest BCUT2D eigenvalue weighted by Crippen LogP contribution is -2.45. The van der Waals surface area contributed by atoms with Crippen LogP contribution in [0.5, 0.6) is 5.75 Å². The van der Waals surface area contributed by atoms with Crippen molar-refractivity contribution in [1.29, 1.82) is 0 Å². The van der Waals surface area contributed by atoms with E-state index in [1.807, 2.05) is 24.3 Å². The number of carbonyl (C=O) groups is 1. The molecular weight excluding hydrogens is 318 g/mol. The van der Waals surface area contributed by atoms with Crippen LogP contribution in [0, 0.1) is 5.92 Å². The van der Waals surface area contributed by atoms with Gasteiger partial charge in [-0.3, -0.25) is 4.90 Å². The number of rotatable bonds is 6. The fourth-order valence-electron chi connectivity index (χ4n) is 3.56. The summed E-state index contributed by atoms with van der Waals surface area (Å²) in [6.45, 7) is 5.30. The molecule has 2 aliphatic rings. The van der Waals surface area contributed by atoms with Crippen molar-refractivity contribution in [3.8, 4) is 5.75 Å². The summed E-state index contributed by atoms with van der Waals surface area (Å²) < 4.78 is 10.6. The highest BCUT2D eigenvalue weighted by atomic mass is 16.5. The van der Waals surface area contributed by atoms with Gasteiger partial charge < -0.3 is 20.1 Å². The summed E-state index contributed by atoms with van der Waals surface area (Å²) in [5, 5.41) is 5.92. The first-order valence-corrected chi connectivity index (χ1v) is 9.21. The maximum Gasteiger partial charge on any atom is 0.315 e. The van der Waals surface area contributed by atoms with E-state index in [1.165, 1.54) is 0 Å². The molecule has 2 heterocycles. The van der Waals surface area contributed by atoms with Crippen LogP contribution < -0.4 is 15.4 Å². The third-order valence-electron chi connectivity index (χ3n) is 5.23. The molecule has 6 nitrogen and oxygen atoms in total. The number of benzene rings is 1. The molecule has 2 saturated heterocycles. The number of carbonyl (C=O) groups excluding carboxylic acids is 1. The molecule has 0 aromatic heterocycles. The highest BCUT2D eigenvalue weighted by Crippen LogP contribution is 2.21. The molecule has 2 amide bonds. The molecule has 0 bridgehead atoms. The van der Waals surface area contributed by atoms with Gasteiger partial charge in [-0.2, -0.15) is 0 Å². The van der Waals surface area contributed by atoms with E-state index in [1.54, 1.807) is 7.11 Å². The number of piperidine rings is 1. The number of hydrogen-bond donors (Lipinski definition) is 2. The van der Waals surface area contributed by atoms with Crippen LogP contribution in [-0.2, 0) is 11.3 Å². The van der Waals surface area contributed by atoms with Gasteiger partial charge in [0.15, 0.2) is 0 Å². The Bertz CT molecular complexity index is 535. The van der Waals surface area contributed by atoms with Crippen LogP contribution in [0.2, 0.25) is 0 Å². The molecule has 25 heavy (non-hydrogen) atoms. The smallest absolute Gasteiger partial charge is 0.315 e. The Morgan fingerprint density at radius 2 is 1.96 bits per heavy atom. The maximum absolute atomic E-state index is 12.0. The second-order valence-corrected chi connectivity index (χ2v) is 6.91. The minimum atomic E-state index is -0.0950. The highest BCUT2D eigenvalue weighted by molar-refractivity contribution is 5.73. The molecule has 0 saturated carbocycles.